The summed E-state index contributed by atoms with van der Waals surface area (Å²) >= 11 is 12.0. The number of anilines is 1. The number of likely N-dealkylation sites (N-methyl/N-ethyl adjacent to an activating group) is 1. The first-order chi connectivity index (χ1) is 7.15. The lowest BCUT2D eigenvalue weighted by atomic mass is 10.2. The predicted molar refractivity (Wildman–Crippen MR) is 66.2 cm³/mol. The van der Waals surface area contributed by atoms with E-state index in [-0.39, 0.29) is 0 Å². The molecule has 1 saturated heterocycles. The maximum Gasteiger partial charge on any atom is 0.0441 e. The Morgan fingerprint density at radius 2 is 1.47 bits per heavy atom. The zero-order chi connectivity index (χ0) is 10.8. The van der Waals surface area contributed by atoms with Gasteiger partial charge in [0, 0.05) is 41.9 Å². The second-order valence-corrected chi connectivity index (χ2v) is 4.79. The van der Waals surface area contributed by atoms with Crippen LogP contribution in [0.1, 0.15) is 0 Å². The van der Waals surface area contributed by atoms with Crippen LogP contribution in [0.4, 0.5) is 5.69 Å². The molecule has 0 aromatic heterocycles. The summed E-state index contributed by atoms with van der Waals surface area (Å²) in [5.74, 6) is 0. The van der Waals surface area contributed by atoms with Crippen LogP contribution in [-0.2, 0) is 0 Å². The molecule has 2 nitrogen and oxygen atoms in total. The van der Waals surface area contributed by atoms with Gasteiger partial charge in [-0.3, -0.25) is 0 Å². The first-order valence-electron chi connectivity index (χ1n) is 5.05. The van der Waals surface area contributed by atoms with E-state index in [0.717, 1.165) is 31.9 Å². The van der Waals surface area contributed by atoms with Crippen molar-refractivity contribution in [1.82, 2.24) is 4.90 Å². The van der Waals surface area contributed by atoms with Crippen molar-refractivity contribution >= 4 is 28.9 Å². The highest BCUT2D eigenvalue weighted by molar-refractivity contribution is 6.35. The van der Waals surface area contributed by atoms with Crippen molar-refractivity contribution in [2.45, 2.75) is 0 Å². The minimum atomic E-state index is 0.705. The van der Waals surface area contributed by atoms with E-state index >= 15 is 0 Å². The molecule has 0 atom stereocenters. The molecule has 0 radical (unpaired) electrons. The van der Waals surface area contributed by atoms with E-state index in [1.165, 1.54) is 0 Å². The number of rotatable bonds is 1. The molecule has 1 aromatic carbocycles. The van der Waals surface area contributed by atoms with Crippen LogP contribution < -0.4 is 4.90 Å². The van der Waals surface area contributed by atoms with Gasteiger partial charge in [-0.25, -0.2) is 0 Å². The minimum absolute atomic E-state index is 0.705. The number of hydrogen-bond acceptors (Lipinski definition) is 2. The van der Waals surface area contributed by atoms with Crippen LogP contribution >= 0.6 is 23.2 Å². The SMILES string of the molecule is CN1CCN(c2cc(Cl)cc(Cl)c2)CC1. The molecule has 0 unspecified atom stereocenters. The van der Waals surface area contributed by atoms with Gasteiger partial charge in [0.05, 0.1) is 0 Å². The second kappa shape index (κ2) is 4.60. The quantitative estimate of drug-likeness (QED) is 0.750. The fraction of sp³-hybridized carbons (Fsp3) is 0.455. The third-order valence-corrected chi connectivity index (χ3v) is 3.15. The predicted octanol–water partition coefficient (Wildman–Crippen LogP) is 2.75. The highest BCUT2D eigenvalue weighted by atomic mass is 35.5. The molecule has 4 heteroatoms. The van der Waals surface area contributed by atoms with E-state index in [1.807, 2.05) is 12.1 Å². The van der Waals surface area contributed by atoms with E-state index in [2.05, 4.69) is 16.8 Å². The van der Waals surface area contributed by atoms with E-state index in [0.29, 0.717) is 10.0 Å². The van der Waals surface area contributed by atoms with Crippen molar-refractivity contribution < 1.29 is 0 Å². The molecule has 0 N–H and O–H groups in total. The van der Waals surface area contributed by atoms with Gasteiger partial charge in [-0.1, -0.05) is 23.2 Å². The Morgan fingerprint density at radius 1 is 0.933 bits per heavy atom. The van der Waals surface area contributed by atoms with Crippen molar-refractivity contribution in [2.24, 2.45) is 0 Å². The molecule has 1 aliphatic heterocycles. The molecule has 15 heavy (non-hydrogen) atoms. The van der Waals surface area contributed by atoms with Gasteiger partial charge in [0.1, 0.15) is 0 Å². The first-order valence-corrected chi connectivity index (χ1v) is 5.80. The average molecular weight is 245 g/mol. The van der Waals surface area contributed by atoms with E-state index in [9.17, 15) is 0 Å². The molecule has 1 aliphatic rings. The van der Waals surface area contributed by atoms with E-state index in [1.54, 1.807) is 6.07 Å². The summed E-state index contributed by atoms with van der Waals surface area (Å²) in [4.78, 5) is 4.64. The largest absolute Gasteiger partial charge is 0.369 e. The molecule has 0 spiro atoms. The molecule has 2 rings (SSSR count). The maximum absolute atomic E-state index is 5.98. The summed E-state index contributed by atoms with van der Waals surface area (Å²) in [5, 5.41) is 1.41. The van der Waals surface area contributed by atoms with Crippen molar-refractivity contribution in [3.8, 4) is 0 Å². The van der Waals surface area contributed by atoms with Crippen molar-refractivity contribution in [2.75, 3.05) is 38.1 Å². The van der Waals surface area contributed by atoms with E-state index < -0.39 is 0 Å². The average Bonchev–Trinajstić information content (AvgIpc) is 2.17. The molecule has 82 valence electrons. The van der Waals surface area contributed by atoms with Crippen LogP contribution in [0.3, 0.4) is 0 Å². The molecule has 1 fully saturated rings. The standard InChI is InChI=1S/C11H14Cl2N2/c1-14-2-4-15(5-3-14)11-7-9(12)6-10(13)8-11/h6-8H,2-5H2,1H3. The molecule has 1 heterocycles. The molecular weight excluding hydrogens is 231 g/mol. The monoisotopic (exact) mass is 244 g/mol. The molecule has 0 saturated carbocycles. The number of benzene rings is 1. The van der Waals surface area contributed by atoms with Gasteiger partial charge >= 0.3 is 0 Å². The summed E-state index contributed by atoms with van der Waals surface area (Å²) in [6, 6.07) is 5.71. The van der Waals surface area contributed by atoms with Crippen LogP contribution in [0.15, 0.2) is 18.2 Å². The lowest BCUT2D eigenvalue weighted by Crippen LogP contribution is -2.44. The Morgan fingerprint density at radius 3 is 2.00 bits per heavy atom. The Bertz CT molecular complexity index is 326. The Labute approximate surface area is 100 Å². The molecule has 0 aliphatic carbocycles. The lowest BCUT2D eigenvalue weighted by Gasteiger charge is -2.34. The number of hydrogen-bond donors (Lipinski definition) is 0. The number of nitrogens with zero attached hydrogens (tertiary/aromatic N) is 2. The highest BCUT2D eigenvalue weighted by Crippen LogP contribution is 2.25. The van der Waals surface area contributed by atoms with Gasteiger partial charge in [-0.15, -0.1) is 0 Å². The fourth-order valence-corrected chi connectivity index (χ4v) is 2.30. The van der Waals surface area contributed by atoms with Crippen LogP contribution in [0.25, 0.3) is 0 Å². The normalized spacial score (nSPS) is 18.2. The van der Waals surface area contributed by atoms with Gasteiger partial charge in [-0.2, -0.15) is 0 Å². The van der Waals surface area contributed by atoms with Gasteiger partial charge < -0.3 is 9.80 Å². The van der Waals surface area contributed by atoms with E-state index in [4.69, 9.17) is 23.2 Å². The maximum atomic E-state index is 5.98. The van der Waals surface area contributed by atoms with Gasteiger partial charge in [0.15, 0.2) is 0 Å². The molecule has 1 aromatic rings. The zero-order valence-electron chi connectivity index (χ0n) is 8.71. The van der Waals surface area contributed by atoms with Crippen LogP contribution in [0.2, 0.25) is 10.0 Å². The smallest absolute Gasteiger partial charge is 0.0441 e. The van der Waals surface area contributed by atoms with Gasteiger partial charge in [0.25, 0.3) is 0 Å². The molecule has 0 bridgehead atoms. The second-order valence-electron chi connectivity index (χ2n) is 3.92. The van der Waals surface area contributed by atoms with Crippen LogP contribution in [-0.4, -0.2) is 38.1 Å². The van der Waals surface area contributed by atoms with Crippen molar-refractivity contribution in [1.29, 1.82) is 0 Å². The summed E-state index contributed by atoms with van der Waals surface area (Å²) < 4.78 is 0. The van der Waals surface area contributed by atoms with Crippen LogP contribution in [0.5, 0.6) is 0 Å². The first kappa shape index (κ1) is 11.1. The summed E-state index contributed by atoms with van der Waals surface area (Å²) in [6.07, 6.45) is 0. The Hall–Kier alpha value is -0.440. The summed E-state index contributed by atoms with van der Waals surface area (Å²) in [7, 11) is 2.14. The molecule has 0 amide bonds. The minimum Gasteiger partial charge on any atom is -0.369 e. The van der Waals surface area contributed by atoms with Crippen molar-refractivity contribution in [3.05, 3.63) is 28.2 Å². The van der Waals surface area contributed by atoms with Crippen LogP contribution in [0, 0.1) is 0 Å². The third kappa shape index (κ3) is 2.77. The van der Waals surface area contributed by atoms with Gasteiger partial charge in [0.2, 0.25) is 0 Å². The van der Waals surface area contributed by atoms with Gasteiger partial charge in [-0.05, 0) is 25.2 Å². The molecular formula is C11H14Cl2N2. The fourth-order valence-electron chi connectivity index (χ4n) is 1.79. The topological polar surface area (TPSA) is 6.48 Å². The number of piperazine rings is 1. The summed E-state index contributed by atoms with van der Waals surface area (Å²) in [6.45, 7) is 4.24. The number of halogens is 2. The summed E-state index contributed by atoms with van der Waals surface area (Å²) in [5.41, 5.74) is 1.13. The highest BCUT2D eigenvalue weighted by Gasteiger charge is 2.14. The third-order valence-electron chi connectivity index (χ3n) is 2.72. The van der Waals surface area contributed by atoms with Crippen molar-refractivity contribution in [3.63, 3.8) is 0 Å². The Balaban J connectivity index is 2.15. The zero-order valence-corrected chi connectivity index (χ0v) is 10.2. The Kier molecular flexibility index (Phi) is 3.39. The lowest BCUT2D eigenvalue weighted by molar-refractivity contribution is 0.313.